The van der Waals surface area contributed by atoms with Crippen molar-refractivity contribution >= 4 is 32.8 Å². The number of ether oxygens (including phenoxy) is 1. The maximum absolute atomic E-state index is 12.2. The van der Waals surface area contributed by atoms with Gasteiger partial charge in [0.05, 0.1) is 17.0 Å². The Labute approximate surface area is 168 Å². The largest absolute Gasteiger partial charge is 0.487 e. The molecular formula is C20H20N2O4S2. The molecule has 1 heterocycles. The highest BCUT2D eigenvalue weighted by atomic mass is 32.2. The van der Waals surface area contributed by atoms with Gasteiger partial charge in [0.25, 0.3) is 0 Å². The van der Waals surface area contributed by atoms with Crippen LogP contribution < -0.4 is 10.1 Å². The van der Waals surface area contributed by atoms with Crippen LogP contribution in [0, 0.1) is 6.92 Å². The van der Waals surface area contributed by atoms with Crippen molar-refractivity contribution in [3.05, 3.63) is 70.2 Å². The molecule has 0 spiro atoms. The first kappa shape index (κ1) is 20.0. The number of sulfone groups is 1. The molecule has 3 rings (SSSR count). The van der Waals surface area contributed by atoms with Crippen molar-refractivity contribution < 1.29 is 17.9 Å². The third-order valence-corrected chi connectivity index (χ3v) is 5.96. The van der Waals surface area contributed by atoms with Crippen molar-refractivity contribution in [1.29, 1.82) is 0 Å². The van der Waals surface area contributed by atoms with Gasteiger partial charge in [-0.3, -0.25) is 4.79 Å². The fourth-order valence-corrected chi connectivity index (χ4v) is 3.93. The Morgan fingerprint density at radius 1 is 1.18 bits per heavy atom. The lowest BCUT2D eigenvalue weighted by molar-refractivity contribution is -0.115. The molecule has 8 heteroatoms. The van der Waals surface area contributed by atoms with Gasteiger partial charge in [0, 0.05) is 17.3 Å². The third-order valence-electron chi connectivity index (χ3n) is 3.95. The number of para-hydroxylation sites is 1. The van der Waals surface area contributed by atoms with E-state index in [-0.39, 0.29) is 23.8 Å². The molecule has 0 unspecified atom stereocenters. The van der Waals surface area contributed by atoms with Gasteiger partial charge in [-0.15, -0.1) is 11.3 Å². The molecule has 0 atom stereocenters. The Kier molecular flexibility index (Phi) is 6.11. The van der Waals surface area contributed by atoms with Gasteiger partial charge in [-0.25, -0.2) is 13.4 Å². The Hall–Kier alpha value is -2.71. The van der Waals surface area contributed by atoms with E-state index in [1.807, 2.05) is 36.6 Å². The second kappa shape index (κ2) is 8.53. The lowest BCUT2D eigenvalue weighted by Gasteiger charge is -2.07. The fraction of sp³-hybridized carbons (Fsp3) is 0.200. The smallest absolute Gasteiger partial charge is 0.231 e. The molecule has 0 aliphatic carbocycles. The van der Waals surface area contributed by atoms with Gasteiger partial charge in [-0.1, -0.05) is 24.3 Å². The van der Waals surface area contributed by atoms with Crippen LogP contribution in [0.15, 0.2) is 58.8 Å². The number of benzene rings is 2. The normalized spacial score (nSPS) is 11.2. The molecule has 0 bridgehead atoms. The van der Waals surface area contributed by atoms with E-state index in [0.29, 0.717) is 16.5 Å². The lowest BCUT2D eigenvalue weighted by Crippen LogP contribution is -2.15. The van der Waals surface area contributed by atoms with Gasteiger partial charge < -0.3 is 10.1 Å². The zero-order valence-corrected chi connectivity index (χ0v) is 17.1. The molecule has 146 valence electrons. The summed E-state index contributed by atoms with van der Waals surface area (Å²) in [4.78, 5) is 16.8. The predicted octanol–water partition coefficient (Wildman–Crippen LogP) is 3.62. The van der Waals surface area contributed by atoms with Crippen LogP contribution in [0.5, 0.6) is 5.75 Å². The highest BCUT2D eigenvalue weighted by Gasteiger charge is 2.11. The Balaban J connectivity index is 1.57. The first-order chi connectivity index (χ1) is 13.3. The van der Waals surface area contributed by atoms with Crippen molar-refractivity contribution in [3.8, 4) is 5.75 Å². The molecule has 0 aliphatic heterocycles. The number of aromatic nitrogens is 1. The lowest BCUT2D eigenvalue weighted by atomic mass is 10.2. The minimum Gasteiger partial charge on any atom is -0.487 e. The summed E-state index contributed by atoms with van der Waals surface area (Å²) in [5.41, 5.74) is 2.48. The maximum Gasteiger partial charge on any atom is 0.231 e. The molecule has 0 fully saturated rings. The number of thiazole rings is 1. The molecular weight excluding hydrogens is 396 g/mol. The fourth-order valence-electron chi connectivity index (χ4n) is 2.49. The van der Waals surface area contributed by atoms with Crippen LogP contribution in [-0.2, 0) is 27.7 Å². The molecule has 1 amide bonds. The topological polar surface area (TPSA) is 85.4 Å². The molecule has 1 N–H and O–H groups in total. The number of hydrogen-bond donors (Lipinski definition) is 1. The SMILES string of the molecule is Cc1ccccc1NC(=O)Cc1nc(COc2cccc(S(C)(=O)=O)c2)cs1. The second-order valence-electron chi connectivity index (χ2n) is 6.31. The number of hydrogen-bond acceptors (Lipinski definition) is 6. The van der Waals surface area contributed by atoms with E-state index in [1.165, 1.54) is 23.5 Å². The molecule has 2 aromatic carbocycles. The van der Waals surface area contributed by atoms with Gasteiger partial charge in [0.2, 0.25) is 5.91 Å². The number of carbonyl (C=O) groups excluding carboxylic acids is 1. The summed E-state index contributed by atoms with van der Waals surface area (Å²) in [6, 6.07) is 13.9. The van der Waals surface area contributed by atoms with E-state index >= 15 is 0 Å². The minimum absolute atomic E-state index is 0.128. The highest BCUT2D eigenvalue weighted by molar-refractivity contribution is 7.90. The van der Waals surface area contributed by atoms with E-state index < -0.39 is 9.84 Å². The Morgan fingerprint density at radius 3 is 2.71 bits per heavy atom. The number of aryl methyl sites for hydroxylation is 1. The van der Waals surface area contributed by atoms with Crippen LogP contribution in [0.1, 0.15) is 16.3 Å². The molecule has 0 saturated heterocycles. The molecule has 6 nitrogen and oxygen atoms in total. The van der Waals surface area contributed by atoms with Crippen molar-refractivity contribution in [1.82, 2.24) is 4.98 Å². The molecule has 28 heavy (non-hydrogen) atoms. The van der Waals surface area contributed by atoms with Gasteiger partial charge >= 0.3 is 0 Å². The van der Waals surface area contributed by atoms with Crippen molar-refractivity contribution in [2.75, 3.05) is 11.6 Å². The van der Waals surface area contributed by atoms with E-state index in [0.717, 1.165) is 17.5 Å². The van der Waals surface area contributed by atoms with E-state index in [9.17, 15) is 13.2 Å². The zero-order chi connectivity index (χ0) is 20.1. The van der Waals surface area contributed by atoms with E-state index in [2.05, 4.69) is 10.3 Å². The van der Waals surface area contributed by atoms with Gasteiger partial charge in [-0.05, 0) is 36.8 Å². The second-order valence-corrected chi connectivity index (χ2v) is 9.27. The Bertz CT molecular complexity index is 1090. The standard InChI is InChI=1S/C20H20N2O4S2/c1-14-6-3-4-9-18(14)22-19(23)11-20-21-15(13-27-20)12-26-16-7-5-8-17(10-16)28(2,24)25/h3-10,13H,11-12H2,1-2H3,(H,22,23). The Morgan fingerprint density at radius 2 is 1.96 bits per heavy atom. The number of anilines is 1. The van der Waals surface area contributed by atoms with Crippen molar-refractivity contribution in [2.45, 2.75) is 24.8 Å². The highest BCUT2D eigenvalue weighted by Crippen LogP contribution is 2.20. The quantitative estimate of drug-likeness (QED) is 0.636. The summed E-state index contributed by atoms with van der Waals surface area (Å²) in [7, 11) is -3.28. The number of nitrogens with zero attached hydrogens (tertiary/aromatic N) is 1. The van der Waals surface area contributed by atoms with Gasteiger partial charge in [0.1, 0.15) is 17.4 Å². The van der Waals surface area contributed by atoms with E-state index in [4.69, 9.17) is 4.74 Å². The number of amides is 1. The van der Waals surface area contributed by atoms with E-state index in [1.54, 1.807) is 12.1 Å². The summed E-state index contributed by atoms with van der Waals surface area (Å²) in [6.07, 6.45) is 1.34. The average Bonchev–Trinajstić information content (AvgIpc) is 3.09. The molecule has 1 aromatic heterocycles. The van der Waals surface area contributed by atoms with Gasteiger partial charge in [0.15, 0.2) is 9.84 Å². The van der Waals surface area contributed by atoms with Crippen molar-refractivity contribution in [2.24, 2.45) is 0 Å². The van der Waals surface area contributed by atoms with Crippen molar-refractivity contribution in [3.63, 3.8) is 0 Å². The molecule has 3 aromatic rings. The molecule has 0 radical (unpaired) electrons. The van der Waals surface area contributed by atoms with Crippen LogP contribution >= 0.6 is 11.3 Å². The van der Waals surface area contributed by atoms with Gasteiger partial charge in [-0.2, -0.15) is 0 Å². The summed E-state index contributed by atoms with van der Waals surface area (Å²) < 4.78 is 28.9. The summed E-state index contributed by atoms with van der Waals surface area (Å²) in [5.74, 6) is 0.326. The average molecular weight is 417 g/mol. The number of nitrogens with one attached hydrogen (secondary N) is 1. The van der Waals surface area contributed by atoms with Crippen LogP contribution in [0.2, 0.25) is 0 Å². The third kappa shape index (κ3) is 5.40. The summed E-state index contributed by atoms with van der Waals surface area (Å²) >= 11 is 1.39. The van der Waals surface area contributed by atoms with Crippen LogP contribution in [0.25, 0.3) is 0 Å². The maximum atomic E-state index is 12.2. The first-order valence-corrected chi connectivity index (χ1v) is 11.3. The number of rotatable bonds is 7. The first-order valence-electron chi connectivity index (χ1n) is 8.53. The van der Waals surface area contributed by atoms with Crippen LogP contribution in [0.4, 0.5) is 5.69 Å². The summed E-state index contributed by atoms with van der Waals surface area (Å²) in [6.45, 7) is 2.14. The molecule has 0 aliphatic rings. The zero-order valence-electron chi connectivity index (χ0n) is 15.5. The van der Waals surface area contributed by atoms with Crippen LogP contribution in [0.3, 0.4) is 0 Å². The predicted molar refractivity (Wildman–Crippen MR) is 110 cm³/mol. The molecule has 0 saturated carbocycles. The summed E-state index contributed by atoms with van der Waals surface area (Å²) in [5, 5.41) is 5.41. The van der Waals surface area contributed by atoms with Crippen LogP contribution in [-0.4, -0.2) is 25.6 Å². The minimum atomic E-state index is -3.28. The monoisotopic (exact) mass is 416 g/mol. The number of carbonyl (C=O) groups is 1.